The molecule has 0 amide bonds. The molecule has 26 heavy (non-hydrogen) atoms. The van der Waals surface area contributed by atoms with Crippen molar-refractivity contribution in [3.63, 3.8) is 0 Å². The number of anilines is 1. The highest BCUT2D eigenvalue weighted by molar-refractivity contribution is 5.66. The molecule has 1 aromatic carbocycles. The van der Waals surface area contributed by atoms with E-state index in [9.17, 15) is 0 Å². The molecule has 1 atom stereocenters. The van der Waals surface area contributed by atoms with E-state index in [4.69, 9.17) is 5.73 Å². The molecule has 0 aliphatic carbocycles. The number of likely N-dealkylation sites (tertiary alicyclic amines) is 1. The number of nitrogens with two attached hydrogens (primary N) is 1. The van der Waals surface area contributed by atoms with Crippen LogP contribution in [-0.2, 0) is 6.54 Å². The molecular formula is C21H25N5. The maximum absolute atomic E-state index is 6.03. The first kappa shape index (κ1) is 16.8. The Morgan fingerprint density at radius 3 is 2.88 bits per heavy atom. The first-order valence-corrected chi connectivity index (χ1v) is 9.23. The van der Waals surface area contributed by atoms with Crippen LogP contribution < -0.4 is 5.73 Å². The van der Waals surface area contributed by atoms with E-state index < -0.39 is 0 Å². The Balaban J connectivity index is 1.53. The number of rotatable bonds is 4. The van der Waals surface area contributed by atoms with Crippen LogP contribution in [0.3, 0.4) is 0 Å². The Morgan fingerprint density at radius 2 is 2.08 bits per heavy atom. The predicted molar refractivity (Wildman–Crippen MR) is 105 cm³/mol. The van der Waals surface area contributed by atoms with Gasteiger partial charge in [0.05, 0.1) is 6.20 Å². The van der Waals surface area contributed by atoms with Crippen molar-refractivity contribution in [1.29, 1.82) is 0 Å². The zero-order valence-corrected chi connectivity index (χ0v) is 15.2. The summed E-state index contributed by atoms with van der Waals surface area (Å²) in [5, 5.41) is 7.62. The van der Waals surface area contributed by atoms with Crippen molar-refractivity contribution in [3.05, 3.63) is 65.6 Å². The van der Waals surface area contributed by atoms with E-state index in [2.05, 4.69) is 57.3 Å². The van der Waals surface area contributed by atoms with Gasteiger partial charge in [-0.1, -0.05) is 35.9 Å². The molecule has 5 nitrogen and oxygen atoms in total. The fraction of sp³-hybridized carbons (Fsp3) is 0.333. The molecule has 0 bridgehead atoms. The van der Waals surface area contributed by atoms with Gasteiger partial charge in [-0.3, -0.25) is 10.00 Å². The number of nitrogens with one attached hydrogen (secondary N) is 1. The van der Waals surface area contributed by atoms with E-state index in [1.807, 2.05) is 12.3 Å². The van der Waals surface area contributed by atoms with Gasteiger partial charge in [0.25, 0.3) is 0 Å². The molecular weight excluding hydrogens is 322 g/mol. The quantitative estimate of drug-likeness (QED) is 0.754. The van der Waals surface area contributed by atoms with Gasteiger partial charge in [0.15, 0.2) is 0 Å². The Morgan fingerprint density at radius 1 is 1.23 bits per heavy atom. The Kier molecular flexibility index (Phi) is 4.71. The van der Waals surface area contributed by atoms with Crippen LogP contribution >= 0.6 is 0 Å². The zero-order chi connectivity index (χ0) is 17.9. The lowest BCUT2D eigenvalue weighted by atomic mass is 9.90. The van der Waals surface area contributed by atoms with Crippen LogP contribution in [0.5, 0.6) is 0 Å². The second kappa shape index (κ2) is 7.30. The molecule has 5 heteroatoms. The minimum Gasteiger partial charge on any atom is -0.383 e. The van der Waals surface area contributed by atoms with Crippen LogP contribution in [0.15, 0.2) is 48.8 Å². The van der Waals surface area contributed by atoms with Crippen LogP contribution in [0, 0.1) is 6.92 Å². The number of nitrogens with zero attached hydrogens (tertiary/aromatic N) is 3. The molecule has 0 radical (unpaired) electrons. The van der Waals surface area contributed by atoms with Gasteiger partial charge in [0.1, 0.15) is 5.82 Å². The third-order valence-corrected chi connectivity index (χ3v) is 5.27. The molecule has 0 unspecified atom stereocenters. The van der Waals surface area contributed by atoms with Crippen molar-refractivity contribution in [2.75, 3.05) is 18.8 Å². The number of hydrogen-bond acceptors (Lipinski definition) is 4. The standard InChI is InChI=1S/C21H25N5/c1-15-6-8-16(9-7-15)19-12-24-25-20(19)17-5-3-11-26(13-17)14-18-4-2-10-23-21(18)22/h2,4,6-10,12,17H,3,5,11,13-14H2,1H3,(H2,22,23)(H,24,25)/t17-/m0/s1. The Hall–Kier alpha value is -2.66. The van der Waals surface area contributed by atoms with Gasteiger partial charge in [0.2, 0.25) is 0 Å². The first-order valence-electron chi connectivity index (χ1n) is 9.23. The molecule has 3 N–H and O–H groups in total. The first-order chi connectivity index (χ1) is 12.7. The highest BCUT2D eigenvalue weighted by Crippen LogP contribution is 2.33. The minimum atomic E-state index is 0.459. The summed E-state index contributed by atoms with van der Waals surface area (Å²) in [6.07, 6.45) is 6.06. The summed E-state index contributed by atoms with van der Waals surface area (Å²) in [5.41, 5.74) is 12.1. The number of benzene rings is 1. The number of aromatic nitrogens is 3. The molecule has 3 aromatic rings. The van der Waals surface area contributed by atoms with Gasteiger partial charge in [-0.15, -0.1) is 0 Å². The summed E-state index contributed by atoms with van der Waals surface area (Å²) < 4.78 is 0. The molecule has 4 rings (SSSR count). The van der Waals surface area contributed by atoms with Crippen LogP contribution in [-0.4, -0.2) is 33.2 Å². The van der Waals surface area contributed by atoms with Crippen LogP contribution in [0.2, 0.25) is 0 Å². The number of aromatic amines is 1. The van der Waals surface area contributed by atoms with Crippen LogP contribution in [0.4, 0.5) is 5.82 Å². The van der Waals surface area contributed by atoms with Gasteiger partial charge in [-0.05, 0) is 37.9 Å². The average Bonchev–Trinajstić information content (AvgIpc) is 3.14. The third kappa shape index (κ3) is 3.48. The fourth-order valence-electron chi connectivity index (χ4n) is 3.83. The molecule has 0 spiro atoms. The maximum atomic E-state index is 6.03. The lowest BCUT2D eigenvalue weighted by Gasteiger charge is -2.32. The van der Waals surface area contributed by atoms with E-state index in [1.165, 1.54) is 35.2 Å². The second-order valence-electron chi connectivity index (χ2n) is 7.19. The van der Waals surface area contributed by atoms with Crippen molar-refractivity contribution in [3.8, 4) is 11.1 Å². The SMILES string of the molecule is Cc1ccc(-c2cn[nH]c2[C@H]2CCCN(Cc3cccnc3N)C2)cc1. The molecule has 1 fully saturated rings. The van der Waals surface area contributed by atoms with Crippen molar-refractivity contribution >= 4 is 5.82 Å². The largest absolute Gasteiger partial charge is 0.383 e. The molecule has 1 saturated heterocycles. The summed E-state index contributed by atoms with van der Waals surface area (Å²) in [7, 11) is 0. The Bertz CT molecular complexity index is 868. The van der Waals surface area contributed by atoms with Crippen molar-refractivity contribution in [1.82, 2.24) is 20.1 Å². The summed E-state index contributed by atoms with van der Waals surface area (Å²) >= 11 is 0. The van der Waals surface area contributed by atoms with Crippen molar-refractivity contribution in [2.24, 2.45) is 0 Å². The average molecular weight is 347 g/mol. The number of pyridine rings is 1. The monoisotopic (exact) mass is 347 g/mol. The molecule has 1 aliphatic heterocycles. The summed E-state index contributed by atoms with van der Waals surface area (Å²) in [4.78, 5) is 6.68. The molecule has 134 valence electrons. The molecule has 0 saturated carbocycles. The topological polar surface area (TPSA) is 70.8 Å². The maximum Gasteiger partial charge on any atom is 0.127 e. The zero-order valence-electron chi connectivity index (χ0n) is 15.2. The number of hydrogen-bond donors (Lipinski definition) is 2. The lowest BCUT2D eigenvalue weighted by Crippen LogP contribution is -2.34. The normalized spacial score (nSPS) is 18.1. The van der Waals surface area contributed by atoms with E-state index in [0.717, 1.165) is 25.2 Å². The van der Waals surface area contributed by atoms with E-state index in [-0.39, 0.29) is 0 Å². The van der Waals surface area contributed by atoms with Gasteiger partial charge in [0, 0.05) is 42.0 Å². The van der Waals surface area contributed by atoms with E-state index in [1.54, 1.807) is 6.20 Å². The smallest absolute Gasteiger partial charge is 0.127 e. The number of piperidine rings is 1. The van der Waals surface area contributed by atoms with Crippen molar-refractivity contribution in [2.45, 2.75) is 32.2 Å². The second-order valence-corrected chi connectivity index (χ2v) is 7.19. The van der Waals surface area contributed by atoms with Gasteiger partial charge in [-0.25, -0.2) is 4.98 Å². The lowest BCUT2D eigenvalue weighted by molar-refractivity contribution is 0.199. The van der Waals surface area contributed by atoms with E-state index in [0.29, 0.717) is 11.7 Å². The van der Waals surface area contributed by atoms with Crippen LogP contribution in [0.25, 0.3) is 11.1 Å². The van der Waals surface area contributed by atoms with Gasteiger partial charge in [-0.2, -0.15) is 5.10 Å². The molecule has 2 aromatic heterocycles. The van der Waals surface area contributed by atoms with E-state index >= 15 is 0 Å². The highest BCUT2D eigenvalue weighted by atomic mass is 15.2. The fourth-order valence-corrected chi connectivity index (χ4v) is 3.83. The number of aryl methyl sites for hydroxylation is 1. The minimum absolute atomic E-state index is 0.459. The number of H-pyrrole nitrogens is 1. The highest BCUT2D eigenvalue weighted by Gasteiger charge is 2.25. The van der Waals surface area contributed by atoms with Gasteiger partial charge >= 0.3 is 0 Å². The Labute approximate surface area is 154 Å². The summed E-state index contributed by atoms with van der Waals surface area (Å²) in [6, 6.07) is 12.7. The summed E-state index contributed by atoms with van der Waals surface area (Å²) in [5.74, 6) is 1.09. The number of nitrogen functional groups attached to an aromatic ring is 1. The summed E-state index contributed by atoms with van der Waals surface area (Å²) in [6.45, 7) is 5.07. The predicted octanol–water partition coefficient (Wildman–Crippen LogP) is 3.74. The third-order valence-electron chi connectivity index (χ3n) is 5.27. The molecule has 3 heterocycles. The van der Waals surface area contributed by atoms with Crippen molar-refractivity contribution < 1.29 is 0 Å². The van der Waals surface area contributed by atoms with Gasteiger partial charge < -0.3 is 5.73 Å². The molecule has 1 aliphatic rings. The van der Waals surface area contributed by atoms with Crippen LogP contribution in [0.1, 0.15) is 35.6 Å².